The van der Waals surface area contributed by atoms with E-state index < -0.39 is 0 Å². The molecule has 6 nitrogen and oxygen atoms in total. The van der Waals surface area contributed by atoms with Crippen LogP contribution in [0.25, 0.3) is 0 Å². The van der Waals surface area contributed by atoms with Crippen LogP contribution in [0, 0.1) is 29.6 Å². The number of carbonyl (C=O) groups excluding carboxylic acids is 1. The van der Waals surface area contributed by atoms with Gasteiger partial charge in [0.2, 0.25) is 5.91 Å². The van der Waals surface area contributed by atoms with E-state index in [2.05, 4.69) is 46.6 Å². The fourth-order valence-corrected chi connectivity index (χ4v) is 7.49. The van der Waals surface area contributed by atoms with Gasteiger partial charge in [0.15, 0.2) is 0 Å². The number of piperidine rings is 1. The van der Waals surface area contributed by atoms with Crippen LogP contribution >= 0.6 is 0 Å². The van der Waals surface area contributed by atoms with Gasteiger partial charge in [0.05, 0.1) is 6.04 Å². The zero-order valence-electron chi connectivity index (χ0n) is 21.4. The minimum atomic E-state index is 0.0250. The van der Waals surface area contributed by atoms with Crippen molar-refractivity contribution in [1.82, 2.24) is 25.8 Å². The van der Waals surface area contributed by atoms with E-state index in [1.54, 1.807) is 0 Å². The van der Waals surface area contributed by atoms with Crippen LogP contribution in [0.15, 0.2) is 0 Å². The fraction of sp³-hybridized carbons (Fsp3) is 0.963. The molecular weight excluding hydrogens is 410 g/mol. The van der Waals surface area contributed by atoms with Gasteiger partial charge in [-0.2, -0.15) is 0 Å². The van der Waals surface area contributed by atoms with Crippen molar-refractivity contribution in [2.24, 2.45) is 29.6 Å². The van der Waals surface area contributed by atoms with E-state index in [1.165, 1.54) is 77.7 Å². The second-order valence-electron chi connectivity index (χ2n) is 12.5. The van der Waals surface area contributed by atoms with Crippen LogP contribution in [-0.4, -0.2) is 86.2 Å². The van der Waals surface area contributed by atoms with Gasteiger partial charge in [-0.3, -0.25) is 4.79 Å². The molecule has 6 heteroatoms. The second kappa shape index (κ2) is 10.5. The molecule has 3 aliphatic heterocycles. The van der Waals surface area contributed by atoms with Gasteiger partial charge < -0.3 is 25.8 Å². The van der Waals surface area contributed by atoms with Crippen molar-refractivity contribution in [3.8, 4) is 0 Å². The largest absolute Gasteiger partial charge is 0.350 e. The van der Waals surface area contributed by atoms with Gasteiger partial charge in [0, 0.05) is 44.3 Å². The van der Waals surface area contributed by atoms with Crippen LogP contribution < -0.4 is 16.0 Å². The lowest BCUT2D eigenvalue weighted by atomic mass is 9.78. The smallest absolute Gasteiger partial charge is 0.237 e. The minimum Gasteiger partial charge on any atom is -0.350 e. The minimum absolute atomic E-state index is 0.0250. The van der Waals surface area contributed by atoms with Crippen LogP contribution in [0.5, 0.6) is 0 Å². The molecule has 0 aromatic heterocycles. The Labute approximate surface area is 202 Å². The Morgan fingerprint density at radius 2 is 1.82 bits per heavy atom. The van der Waals surface area contributed by atoms with Crippen LogP contribution in [0.4, 0.5) is 0 Å². The Morgan fingerprint density at radius 3 is 2.52 bits per heavy atom. The van der Waals surface area contributed by atoms with Gasteiger partial charge >= 0.3 is 0 Å². The first-order chi connectivity index (χ1) is 16.0. The quantitative estimate of drug-likeness (QED) is 0.545. The summed E-state index contributed by atoms with van der Waals surface area (Å²) < 4.78 is 0. The molecule has 0 spiro atoms. The predicted octanol–water partition coefficient (Wildman–Crippen LogP) is 2.30. The normalized spacial score (nSPS) is 41.5. The molecule has 0 aromatic rings. The molecule has 8 atom stereocenters. The molecule has 5 rings (SSSR count). The first kappa shape index (κ1) is 24.0. The molecule has 1 amide bonds. The Morgan fingerprint density at radius 1 is 1.03 bits per heavy atom. The molecule has 5 fully saturated rings. The summed E-state index contributed by atoms with van der Waals surface area (Å²) in [6.07, 6.45) is 10.2. The van der Waals surface area contributed by atoms with Gasteiger partial charge in [0.25, 0.3) is 0 Å². The average molecular weight is 460 g/mol. The van der Waals surface area contributed by atoms with Crippen LogP contribution in [0.1, 0.15) is 65.2 Å². The fourth-order valence-electron chi connectivity index (χ4n) is 7.49. The van der Waals surface area contributed by atoms with E-state index >= 15 is 0 Å². The van der Waals surface area contributed by atoms with Crippen molar-refractivity contribution < 1.29 is 4.79 Å². The molecule has 33 heavy (non-hydrogen) atoms. The van der Waals surface area contributed by atoms with Gasteiger partial charge in [-0.05, 0) is 94.7 Å². The number of amides is 1. The highest BCUT2D eigenvalue weighted by Crippen LogP contribution is 2.39. The maximum atomic E-state index is 13.3. The van der Waals surface area contributed by atoms with E-state index in [0.717, 1.165) is 18.9 Å². The maximum Gasteiger partial charge on any atom is 0.237 e. The third kappa shape index (κ3) is 5.76. The topological polar surface area (TPSA) is 59.6 Å². The van der Waals surface area contributed by atoms with Crippen molar-refractivity contribution >= 4 is 5.91 Å². The SMILES string of the molecule is CC1CCCC2CC(C(=O)NC(C3CC3)C3NCC(CCN4CCN(C)CC4)CC3C)NC12. The lowest BCUT2D eigenvalue weighted by molar-refractivity contribution is -0.124. The zero-order chi connectivity index (χ0) is 22.9. The van der Waals surface area contributed by atoms with Gasteiger partial charge in [0.1, 0.15) is 0 Å². The van der Waals surface area contributed by atoms with Crippen LogP contribution in [-0.2, 0) is 4.79 Å². The summed E-state index contributed by atoms with van der Waals surface area (Å²) in [5.41, 5.74) is 0. The van der Waals surface area contributed by atoms with Gasteiger partial charge in [-0.25, -0.2) is 0 Å². The number of likely N-dealkylation sites (N-methyl/N-ethyl adjacent to an activating group) is 1. The number of nitrogens with zero attached hydrogens (tertiary/aromatic N) is 2. The first-order valence-corrected chi connectivity index (χ1v) is 14.2. The van der Waals surface area contributed by atoms with Crippen LogP contribution in [0.2, 0.25) is 0 Å². The van der Waals surface area contributed by atoms with Crippen molar-refractivity contribution in [1.29, 1.82) is 0 Å². The van der Waals surface area contributed by atoms with E-state index in [4.69, 9.17) is 0 Å². The molecule has 0 aromatic carbocycles. The Hall–Kier alpha value is -0.690. The van der Waals surface area contributed by atoms with Gasteiger partial charge in [-0.1, -0.05) is 20.3 Å². The molecule has 5 aliphatic rings. The predicted molar refractivity (Wildman–Crippen MR) is 134 cm³/mol. The molecule has 188 valence electrons. The maximum absolute atomic E-state index is 13.3. The first-order valence-electron chi connectivity index (χ1n) is 14.2. The average Bonchev–Trinajstić information content (AvgIpc) is 3.55. The van der Waals surface area contributed by atoms with Crippen molar-refractivity contribution in [3.05, 3.63) is 0 Å². The van der Waals surface area contributed by atoms with E-state index in [-0.39, 0.29) is 11.9 Å². The highest BCUT2D eigenvalue weighted by molar-refractivity contribution is 5.82. The number of rotatable bonds is 7. The lowest BCUT2D eigenvalue weighted by Gasteiger charge is -2.41. The molecule has 2 saturated carbocycles. The second-order valence-corrected chi connectivity index (χ2v) is 12.5. The number of piperazine rings is 1. The molecule has 3 N–H and O–H groups in total. The number of hydrogen-bond donors (Lipinski definition) is 3. The van der Waals surface area contributed by atoms with Crippen molar-refractivity contribution in [2.45, 2.75) is 89.4 Å². The molecular formula is C27H49N5O. The number of carbonyl (C=O) groups is 1. The molecule has 0 radical (unpaired) electrons. The molecule has 3 saturated heterocycles. The summed E-state index contributed by atoms with van der Waals surface area (Å²) in [6.45, 7) is 12.0. The molecule has 2 aliphatic carbocycles. The Kier molecular flexibility index (Phi) is 7.65. The van der Waals surface area contributed by atoms with E-state index in [0.29, 0.717) is 41.8 Å². The number of nitrogens with one attached hydrogen (secondary N) is 3. The van der Waals surface area contributed by atoms with E-state index in [9.17, 15) is 4.79 Å². The van der Waals surface area contributed by atoms with Gasteiger partial charge in [-0.15, -0.1) is 0 Å². The highest BCUT2D eigenvalue weighted by atomic mass is 16.2. The molecule has 3 heterocycles. The van der Waals surface area contributed by atoms with Crippen molar-refractivity contribution in [2.75, 3.05) is 46.3 Å². The highest BCUT2D eigenvalue weighted by Gasteiger charge is 2.45. The third-order valence-corrected chi connectivity index (χ3v) is 9.84. The Bertz CT molecular complexity index is 661. The monoisotopic (exact) mass is 459 g/mol. The third-order valence-electron chi connectivity index (χ3n) is 9.84. The zero-order valence-corrected chi connectivity index (χ0v) is 21.4. The number of hydrogen-bond acceptors (Lipinski definition) is 5. The Balaban J connectivity index is 1.11. The summed E-state index contributed by atoms with van der Waals surface area (Å²) in [7, 11) is 2.23. The summed E-state index contributed by atoms with van der Waals surface area (Å²) in [4.78, 5) is 18.4. The summed E-state index contributed by atoms with van der Waals surface area (Å²) >= 11 is 0. The summed E-state index contributed by atoms with van der Waals surface area (Å²) in [6, 6.07) is 1.33. The van der Waals surface area contributed by atoms with Crippen molar-refractivity contribution in [3.63, 3.8) is 0 Å². The molecule has 0 bridgehead atoms. The summed E-state index contributed by atoms with van der Waals surface area (Å²) in [5.74, 6) is 3.77. The van der Waals surface area contributed by atoms with E-state index in [1.807, 2.05) is 0 Å². The standard InChI is InChI=1S/C27H49N5O/c1-18-5-4-6-22-16-23(29-24(18)22)27(33)30-26(21-7-8-21)25-19(2)15-20(17-28-25)9-10-32-13-11-31(3)12-14-32/h18-26,28-29H,4-17H2,1-3H3,(H,30,33). The molecule has 8 unspecified atom stereocenters. The summed E-state index contributed by atoms with van der Waals surface area (Å²) in [5, 5.41) is 11.2. The lowest BCUT2D eigenvalue weighted by Crippen LogP contribution is -2.60. The number of fused-ring (bicyclic) bond motifs is 1. The van der Waals surface area contributed by atoms with Crippen LogP contribution in [0.3, 0.4) is 0 Å².